The summed E-state index contributed by atoms with van der Waals surface area (Å²) in [6.45, 7) is 2.43. The first-order valence-corrected chi connectivity index (χ1v) is 9.78. The number of anilines is 3. The standard InChI is InChI=1S/C19H24N6O2/c1-19(17(26)27)8-3-9-25(19)18-20-13-5-2-4-12(13)16(22-18)21-15-10-14(23-24-15)11-6-7-11/h10-11H,2-9H2,1H3,(H,26,27)(H2,20,21,22,23,24)/t19-/m0/s1. The van der Waals surface area contributed by atoms with E-state index in [9.17, 15) is 9.90 Å². The molecule has 1 atom stereocenters. The molecule has 0 bridgehead atoms. The SMILES string of the molecule is C[C@@]1(C(=O)O)CCCN1c1nc2c(c(Nc3cc(C4CC4)[nH]n3)n1)CCC2. The van der Waals surface area contributed by atoms with Crippen molar-refractivity contribution in [3.8, 4) is 0 Å². The molecule has 1 saturated heterocycles. The van der Waals surface area contributed by atoms with Crippen LogP contribution in [0.3, 0.4) is 0 Å². The van der Waals surface area contributed by atoms with Gasteiger partial charge >= 0.3 is 5.97 Å². The number of aromatic amines is 1. The van der Waals surface area contributed by atoms with Crippen molar-refractivity contribution in [2.45, 2.75) is 63.3 Å². The molecule has 0 unspecified atom stereocenters. The van der Waals surface area contributed by atoms with E-state index in [1.54, 1.807) is 6.92 Å². The Morgan fingerprint density at radius 2 is 2.19 bits per heavy atom. The number of hydrogen-bond acceptors (Lipinski definition) is 6. The van der Waals surface area contributed by atoms with E-state index in [2.05, 4.69) is 21.6 Å². The molecule has 3 heterocycles. The van der Waals surface area contributed by atoms with Crippen molar-refractivity contribution >= 4 is 23.6 Å². The van der Waals surface area contributed by atoms with Crippen LogP contribution in [0.4, 0.5) is 17.6 Å². The average Bonchev–Trinajstić information content (AvgIpc) is 3.05. The van der Waals surface area contributed by atoms with Crippen LogP contribution in [0, 0.1) is 0 Å². The van der Waals surface area contributed by atoms with Gasteiger partial charge in [-0.3, -0.25) is 5.10 Å². The smallest absolute Gasteiger partial charge is 0.329 e. The molecule has 142 valence electrons. The summed E-state index contributed by atoms with van der Waals surface area (Å²) in [6, 6.07) is 2.05. The minimum Gasteiger partial charge on any atom is -0.480 e. The van der Waals surface area contributed by atoms with E-state index in [-0.39, 0.29) is 0 Å². The second-order valence-corrected chi connectivity index (χ2v) is 8.09. The van der Waals surface area contributed by atoms with Crippen LogP contribution >= 0.6 is 0 Å². The molecule has 3 N–H and O–H groups in total. The number of rotatable bonds is 5. The molecule has 2 fully saturated rings. The number of hydrogen-bond donors (Lipinski definition) is 3. The fourth-order valence-electron chi connectivity index (χ4n) is 4.28. The molecule has 3 aliphatic rings. The van der Waals surface area contributed by atoms with Gasteiger partial charge < -0.3 is 15.3 Å². The van der Waals surface area contributed by atoms with Gasteiger partial charge in [-0.1, -0.05) is 0 Å². The molecule has 1 saturated carbocycles. The summed E-state index contributed by atoms with van der Waals surface area (Å²) in [5, 5.41) is 20.6. The van der Waals surface area contributed by atoms with Crippen LogP contribution < -0.4 is 10.2 Å². The maximum absolute atomic E-state index is 11.9. The Balaban J connectivity index is 1.50. The van der Waals surface area contributed by atoms with E-state index in [1.807, 2.05) is 4.90 Å². The van der Waals surface area contributed by atoms with Gasteiger partial charge in [0.05, 0.1) is 5.69 Å². The third-order valence-corrected chi connectivity index (χ3v) is 6.13. The lowest BCUT2D eigenvalue weighted by molar-refractivity contribution is -0.142. The number of carboxylic acid groups (broad SMARTS) is 1. The first-order valence-electron chi connectivity index (χ1n) is 9.78. The summed E-state index contributed by atoms with van der Waals surface area (Å²) in [5.74, 6) is 1.83. The highest BCUT2D eigenvalue weighted by atomic mass is 16.4. The Morgan fingerprint density at radius 3 is 2.96 bits per heavy atom. The van der Waals surface area contributed by atoms with Gasteiger partial charge in [-0.25, -0.2) is 9.78 Å². The van der Waals surface area contributed by atoms with Crippen LogP contribution in [0.15, 0.2) is 6.07 Å². The predicted octanol–water partition coefficient (Wildman–Crippen LogP) is 2.75. The number of H-pyrrole nitrogens is 1. The van der Waals surface area contributed by atoms with Crippen molar-refractivity contribution < 1.29 is 9.90 Å². The lowest BCUT2D eigenvalue weighted by atomic mass is 10.00. The molecule has 2 aromatic heterocycles. The van der Waals surface area contributed by atoms with Crippen molar-refractivity contribution in [2.24, 2.45) is 0 Å². The van der Waals surface area contributed by atoms with Crippen molar-refractivity contribution in [1.29, 1.82) is 0 Å². The minimum absolute atomic E-state index is 0.513. The van der Waals surface area contributed by atoms with Crippen LogP contribution in [0.25, 0.3) is 0 Å². The summed E-state index contributed by atoms with van der Waals surface area (Å²) in [5.41, 5.74) is 2.38. The van der Waals surface area contributed by atoms with Gasteiger partial charge in [-0.05, 0) is 51.9 Å². The Labute approximate surface area is 157 Å². The maximum Gasteiger partial charge on any atom is 0.329 e. The molecule has 8 heteroatoms. The zero-order valence-electron chi connectivity index (χ0n) is 15.5. The number of fused-ring (bicyclic) bond motifs is 1. The molecule has 1 aliphatic heterocycles. The number of aromatic nitrogens is 4. The Bertz CT molecular complexity index is 906. The first-order chi connectivity index (χ1) is 13.0. The van der Waals surface area contributed by atoms with E-state index >= 15 is 0 Å². The van der Waals surface area contributed by atoms with E-state index in [1.165, 1.54) is 18.5 Å². The van der Waals surface area contributed by atoms with Gasteiger partial charge in [-0.15, -0.1) is 0 Å². The number of carboxylic acids is 1. The highest BCUT2D eigenvalue weighted by Gasteiger charge is 2.45. The van der Waals surface area contributed by atoms with Crippen LogP contribution in [0.1, 0.15) is 61.9 Å². The minimum atomic E-state index is -0.949. The average molecular weight is 368 g/mol. The number of aryl methyl sites for hydroxylation is 1. The van der Waals surface area contributed by atoms with Gasteiger partial charge in [0.1, 0.15) is 11.4 Å². The Hall–Kier alpha value is -2.64. The third kappa shape index (κ3) is 2.74. The molecule has 0 radical (unpaired) electrons. The number of nitrogens with one attached hydrogen (secondary N) is 2. The lowest BCUT2D eigenvalue weighted by Crippen LogP contribution is -2.49. The second kappa shape index (κ2) is 5.94. The third-order valence-electron chi connectivity index (χ3n) is 6.13. The maximum atomic E-state index is 11.9. The highest BCUT2D eigenvalue weighted by Crippen LogP contribution is 2.40. The van der Waals surface area contributed by atoms with Crippen molar-refractivity contribution in [3.63, 3.8) is 0 Å². The molecular weight excluding hydrogens is 344 g/mol. The summed E-state index contributed by atoms with van der Waals surface area (Å²) in [7, 11) is 0. The largest absolute Gasteiger partial charge is 0.480 e. The number of nitrogens with zero attached hydrogens (tertiary/aromatic N) is 4. The van der Waals surface area contributed by atoms with Crippen LogP contribution in [0.2, 0.25) is 0 Å². The number of aliphatic carboxylic acids is 1. The van der Waals surface area contributed by atoms with Crippen molar-refractivity contribution in [1.82, 2.24) is 20.2 Å². The monoisotopic (exact) mass is 368 g/mol. The van der Waals surface area contributed by atoms with E-state index in [0.717, 1.165) is 48.6 Å². The predicted molar refractivity (Wildman–Crippen MR) is 101 cm³/mol. The van der Waals surface area contributed by atoms with Crippen LogP contribution in [-0.4, -0.2) is 43.3 Å². The molecule has 0 spiro atoms. The number of carbonyl (C=O) groups is 1. The molecule has 0 amide bonds. The highest BCUT2D eigenvalue weighted by molar-refractivity contribution is 5.83. The molecule has 8 nitrogen and oxygen atoms in total. The summed E-state index contributed by atoms with van der Waals surface area (Å²) >= 11 is 0. The quantitative estimate of drug-likeness (QED) is 0.745. The lowest BCUT2D eigenvalue weighted by Gasteiger charge is -2.31. The molecule has 2 aromatic rings. The van der Waals surface area contributed by atoms with Gasteiger partial charge in [-0.2, -0.15) is 10.1 Å². The Kier molecular flexibility index (Phi) is 3.63. The van der Waals surface area contributed by atoms with Gasteiger partial charge in [0.25, 0.3) is 0 Å². The van der Waals surface area contributed by atoms with Crippen LogP contribution in [0.5, 0.6) is 0 Å². The summed E-state index contributed by atoms with van der Waals surface area (Å²) in [4.78, 5) is 23.2. The zero-order valence-corrected chi connectivity index (χ0v) is 15.5. The summed E-state index contributed by atoms with van der Waals surface area (Å²) in [6.07, 6.45) is 6.77. The second-order valence-electron chi connectivity index (χ2n) is 8.09. The molecule has 27 heavy (non-hydrogen) atoms. The van der Waals surface area contributed by atoms with Crippen LogP contribution in [-0.2, 0) is 17.6 Å². The summed E-state index contributed by atoms with van der Waals surface area (Å²) < 4.78 is 0. The van der Waals surface area contributed by atoms with Crippen molar-refractivity contribution in [3.05, 3.63) is 23.0 Å². The van der Waals surface area contributed by atoms with E-state index in [4.69, 9.17) is 9.97 Å². The molecule has 2 aliphatic carbocycles. The van der Waals surface area contributed by atoms with Gasteiger partial charge in [0, 0.05) is 29.8 Å². The normalized spacial score (nSPS) is 24.3. The van der Waals surface area contributed by atoms with Gasteiger partial charge in [0.15, 0.2) is 5.82 Å². The molecular formula is C19H24N6O2. The first kappa shape index (κ1) is 16.5. The topological polar surface area (TPSA) is 107 Å². The van der Waals surface area contributed by atoms with E-state index in [0.29, 0.717) is 24.8 Å². The molecule has 0 aromatic carbocycles. The fourth-order valence-corrected chi connectivity index (χ4v) is 4.28. The van der Waals surface area contributed by atoms with Crippen molar-refractivity contribution in [2.75, 3.05) is 16.8 Å². The zero-order chi connectivity index (χ0) is 18.6. The van der Waals surface area contributed by atoms with E-state index < -0.39 is 11.5 Å². The van der Waals surface area contributed by atoms with Gasteiger partial charge in [0.2, 0.25) is 5.95 Å². The fraction of sp³-hybridized carbons (Fsp3) is 0.579. The Morgan fingerprint density at radius 1 is 1.33 bits per heavy atom. The molecule has 5 rings (SSSR count).